The Morgan fingerprint density at radius 2 is 1.89 bits per heavy atom. The molecular formula is C13H15BrO4S. The van der Waals surface area contributed by atoms with Gasteiger partial charge in [-0.25, -0.2) is 0 Å². The Hall–Kier alpha value is -0.430. The van der Waals surface area contributed by atoms with Gasteiger partial charge in [-0.1, -0.05) is 15.9 Å². The number of hydrogen-bond acceptors (Lipinski definition) is 4. The zero-order valence-electron chi connectivity index (χ0n) is 11.2. The lowest BCUT2D eigenvalue weighted by molar-refractivity contribution is -0.0623. The normalized spacial score (nSPS) is 35.1. The predicted octanol–water partition coefficient (Wildman–Crippen LogP) is 2.86. The molecule has 6 heteroatoms. The van der Waals surface area contributed by atoms with Crippen LogP contribution in [0.5, 0.6) is 0 Å². The van der Waals surface area contributed by atoms with Crippen LogP contribution in [0.15, 0.2) is 33.6 Å². The molecule has 2 aliphatic heterocycles. The highest BCUT2D eigenvalue weighted by atomic mass is 79.9. The lowest BCUT2D eigenvalue weighted by atomic mass is 10.1. The molecule has 0 aromatic heterocycles. The molecule has 19 heavy (non-hydrogen) atoms. The van der Waals surface area contributed by atoms with Crippen molar-refractivity contribution in [3.05, 3.63) is 28.7 Å². The zero-order valence-corrected chi connectivity index (χ0v) is 12.6. The summed E-state index contributed by atoms with van der Waals surface area (Å²) in [5.74, 6) is 0. The minimum Gasteiger partial charge on any atom is -0.372 e. The van der Waals surface area contributed by atoms with Gasteiger partial charge in [0, 0.05) is 4.47 Å². The van der Waals surface area contributed by atoms with E-state index in [1.165, 1.54) is 12.1 Å². The first kappa shape index (κ1) is 12.3. The van der Waals surface area contributed by atoms with E-state index in [4.69, 9.17) is 10.3 Å². The SMILES string of the molecule is [2H]C1(OS(=O)(=O)c2ccc(Br)cc2)CCC2CCC1O2. The van der Waals surface area contributed by atoms with Gasteiger partial charge in [-0.3, -0.25) is 4.18 Å². The van der Waals surface area contributed by atoms with E-state index in [1.807, 2.05) is 0 Å². The lowest BCUT2D eigenvalue weighted by Gasteiger charge is -2.28. The molecule has 2 saturated heterocycles. The fraction of sp³-hybridized carbons (Fsp3) is 0.538. The molecule has 1 aromatic carbocycles. The Balaban J connectivity index is 1.84. The van der Waals surface area contributed by atoms with Gasteiger partial charge in [-0.15, -0.1) is 0 Å². The molecule has 2 aliphatic rings. The Kier molecular flexibility index (Phi) is 3.35. The van der Waals surface area contributed by atoms with Crippen LogP contribution in [0.2, 0.25) is 0 Å². The van der Waals surface area contributed by atoms with Crippen molar-refractivity contribution in [2.45, 2.75) is 48.9 Å². The van der Waals surface area contributed by atoms with Crippen LogP contribution in [-0.2, 0) is 19.0 Å². The van der Waals surface area contributed by atoms with E-state index in [2.05, 4.69) is 15.9 Å². The Morgan fingerprint density at radius 1 is 1.21 bits per heavy atom. The molecule has 2 heterocycles. The molecule has 2 fully saturated rings. The summed E-state index contributed by atoms with van der Waals surface area (Å²) in [6, 6.07) is 6.19. The Bertz CT molecular complexity index is 603. The highest BCUT2D eigenvalue weighted by molar-refractivity contribution is 9.10. The van der Waals surface area contributed by atoms with Crippen LogP contribution >= 0.6 is 15.9 Å². The summed E-state index contributed by atoms with van der Waals surface area (Å²) < 4.78 is 44.5. The van der Waals surface area contributed by atoms with Crippen LogP contribution in [0.1, 0.15) is 27.1 Å². The third-order valence-corrected chi connectivity index (χ3v) is 5.31. The minimum atomic E-state index is -3.95. The fourth-order valence-corrected chi connectivity index (χ4v) is 3.81. The summed E-state index contributed by atoms with van der Waals surface area (Å²) in [4.78, 5) is 0.0624. The maximum Gasteiger partial charge on any atom is 0.297 e. The van der Waals surface area contributed by atoms with Crippen molar-refractivity contribution in [2.24, 2.45) is 0 Å². The largest absolute Gasteiger partial charge is 0.372 e. The molecule has 3 unspecified atom stereocenters. The fourth-order valence-electron chi connectivity index (χ4n) is 2.50. The molecule has 4 nitrogen and oxygen atoms in total. The molecule has 0 spiro atoms. The monoisotopic (exact) mass is 347 g/mol. The summed E-state index contributed by atoms with van der Waals surface area (Å²) >= 11 is 3.25. The molecule has 2 bridgehead atoms. The number of halogens is 1. The number of rotatable bonds is 3. The second-order valence-corrected chi connectivity index (χ2v) is 7.28. The maximum atomic E-state index is 12.3. The third kappa shape index (κ3) is 2.86. The average Bonchev–Trinajstić information content (AvgIpc) is 2.80. The number of benzene rings is 1. The van der Waals surface area contributed by atoms with Crippen molar-refractivity contribution in [1.29, 1.82) is 0 Å². The van der Waals surface area contributed by atoms with E-state index < -0.39 is 22.3 Å². The first-order chi connectivity index (χ1) is 9.39. The minimum absolute atomic E-state index is 0.0624. The topological polar surface area (TPSA) is 52.6 Å². The van der Waals surface area contributed by atoms with Crippen molar-refractivity contribution >= 4 is 26.0 Å². The van der Waals surface area contributed by atoms with Gasteiger partial charge < -0.3 is 4.74 Å². The van der Waals surface area contributed by atoms with Gasteiger partial charge in [0.05, 0.1) is 18.5 Å². The van der Waals surface area contributed by atoms with Crippen molar-refractivity contribution in [3.8, 4) is 0 Å². The zero-order chi connectivity index (χ0) is 14.4. The second-order valence-electron chi connectivity index (χ2n) is 4.82. The van der Waals surface area contributed by atoms with Crippen LogP contribution in [0.4, 0.5) is 0 Å². The van der Waals surface area contributed by atoms with Gasteiger partial charge in [0.25, 0.3) is 10.1 Å². The third-order valence-electron chi connectivity index (χ3n) is 3.50. The molecule has 3 rings (SSSR count). The van der Waals surface area contributed by atoms with E-state index in [1.54, 1.807) is 12.1 Å². The summed E-state index contributed by atoms with van der Waals surface area (Å²) in [7, 11) is -3.95. The summed E-state index contributed by atoms with van der Waals surface area (Å²) in [5, 5.41) is 0. The molecule has 104 valence electrons. The highest BCUT2D eigenvalue weighted by Crippen LogP contribution is 2.35. The van der Waals surface area contributed by atoms with Gasteiger partial charge in [0.1, 0.15) is 6.08 Å². The summed E-state index contributed by atoms with van der Waals surface area (Å²) in [6.45, 7) is 0. The predicted molar refractivity (Wildman–Crippen MR) is 73.3 cm³/mol. The molecule has 0 saturated carbocycles. The van der Waals surface area contributed by atoms with Gasteiger partial charge in [-0.05, 0) is 49.9 Å². The summed E-state index contributed by atoms with van der Waals surface area (Å²) in [6.07, 6.45) is 0.841. The Labute approximate surface area is 122 Å². The first-order valence-corrected chi connectivity index (χ1v) is 8.46. The number of ether oxygens (including phenoxy) is 1. The average molecular weight is 348 g/mol. The van der Waals surface area contributed by atoms with E-state index >= 15 is 0 Å². The van der Waals surface area contributed by atoms with E-state index in [-0.39, 0.29) is 11.0 Å². The summed E-state index contributed by atoms with van der Waals surface area (Å²) in [5.41, 5.74) is 0. The molecule has 0 amide bonds. The van der Waals surface area contributed by atoms with Crippen LogP contribution in [0, 0.1) is 0 Å². The molecule has 1 aromatic rings. The second kappa shape index (κ2) is 5.16. The van der Waals surface area contributed by atoms with Crippen molar-refractivity contribution in [3.63, 3.8) is 0 Å². The molecular weight excluding hydrogens is 332 g/mol. The van der Waals surface area contributed by atoms with Crippen LogP contribution in [0.3, 0.4) is 0 Å². The van der Waals surface area contributed by atoms with Gasteiger partial charge in [0.2, 0.25) is 0 Å². The van der Waals surface area contributed by atoms with E-state index in [9.17, 15) is 8.42 Å². The molecule has 0 radical (unpaired) electrons. The van der Waals surface area contributed by atoms with Crippen molar-refractivity contribution < 1.29 is 18.7 Å². The molecule has 0 aliphatic carbocycles. The maximum absolute atomic E-state index is 12.3. The molecule has 0 N–H and O–H groups in total. The van der Waals surface area contributed by atoms with Crippen LogP contribution in [-0.4, -0.2) is 26.7 Å². The Morgan fingerprint density at radius 3 is 2.63 bits per heavy atom. The van der Waals surface area contributed by atoms with Crippen molar-refractivity contribution in [1.82, 2.24) is 0 Å². The van der Waals surface area contributed by atoms with Gasteiger partial charge >= 0.3 is 0 Å². The van der Waals surface area contributed by atoms with Crippen LogP contribution < -0.4 is 0 Å². The van der Waals surface area contributed by atoms with Crippen LogP contribution in [0.25, 0.3) is 0 Å². The first-order valence-electron chi connectivity index (χ1n) is 6.76. The molecule has 3 atom stereocenters. The lowest BCUT2D eigenvalue weighted by Crippen LogP contribution is -2.35. The smallest absolute Gasteiger partial charge is 0.297 e. The van der Waals surface area contributed by atoms with E-state index in [0.29, 0.717) is 19.3 Å². The van der Waals surface area contributed by atoms with Crippen molar-refractivity contribution in [2.75, 3.05) is 0 Å². The number of fused-ring (bicyclic) bond motifs is 2. The highest BCUT2D eigenvalue weighted by Gasteiger charge is 2.39. The van der Waals surface area contributed by atoms with Gasteiger partial charge in [0.15, 0.2) is 0 Å². The number of hydrogen-bond donors (Lipinski definition) is 0. The quantitative estimate of drug-likeness (QED) is 0.789. The van der Waals surface area contributed by atoms with Gasteiger partial charge in [-0.2, -0.15) is 8.42 Å². The standard InChI is InChI=1S/C13H15BrO4S/c14-9-1-5-11(6-2-9)19(15,16)18-13-8-4-10-3-7-12(13)17-10/h1-2,5-6,10,12-13H,3-4,7-8H2/i13D. The van der Waals surface area contributed by atoms with E-state index in [0.717, 1.165) is 10.9 Å².